The van der Waals surface area contributed by atoms with E-state index in [4.69, 9.17) is 16.3 Å². The number of hydrogen-bond donors (Lipinski definition) is 1. The molecule has 1 heterocycles. The SMILES string of the molecule is CCc1c(Cl)ncnc1Nc1ccccc1OC. The average Bonchev–Trinajstić information content (AvgIpc) is 2.40. The Morgan fingerprint density at radius 2 is 2.06 bits per heavy atom. The molecule has 0 aliphatic rings. The topological polar surface area (TPSA) is 47.0 Å². The highest BCUT2D eigenvalue weighted by Crippen LogP contribution is 2.29. The molecular formula is C13H14ClN3O. The van der Waals surface area contributed by atoms with Crippen molar-refractivity contribution in [3.63, 3.8) is 0 Å². The molecule has 0 aliphatic carbocycles. The molecule has 1 N–H and O–H groups in total. The minimum atomic E-state index is 0.477. The van der Waals surface area contributed by atoms with Crippen molar-refractivity contribution in [2.24, 2.45) is 0 Å². The summed E-state index contributed by atoms with van der Waals surface area (Å²) in [6.07, 6.45) is 2.20. The van der Waals surface area contributed by atoms with E-state index < -0.39 is 0 Å². The molecule has 1 aromatic carbocycles. The van der Waals surface area contributed by atoms with Crippen LogP contribution in [0.1, 0.15) is 12.5 Å². The minimum Gasteiger partial charge on any atom is -0.495 e. The molecule has 0 amide bonds. The van der Waals surface area contributed by atoms with Crippen LogP contribution in [0.3, 0.4) is 0 Å². The van der Waals surface area contributed by atoms with Crippen molar-refractivity contribution in [3.8, 4) is 5.75 Å². The number of aromatic nitrogens is 2. The van der Waals surface area contributed by atoms with Crippen molar-refractivity contribution in [1.29, 1.82) is 0 Å². The summed E-state index contributed by atoms with van der Waals surface area (Å²) in [5.41, 5.74) is 1.74. The Bertz CT molecular complexity index is 546. The Kier molecular flexibility index (Phi) is 3.99. The second kappa shape index (κ2) is 5.69. The highest BCUT2D eigenvalue weighted by Gasteiger charge is 2.10. The average molecular weight is 264 g/mol. The van der Waals surface area contributed by atoms with Crippen LogP contribution in [-0.2, 0) is 6.42 Å². The summed E-state index contributed by atoms with van der Waals surface area (Å²) in [6, 6.07) is 7.65. The second-order valence-electron chi connectivity index (χ2n) is 3.67. The maximum absolute atomic E-state index is 6.05. The van der Waals surface area contributed by atoms with Gasteiger partial charge in [-0.3, -0.25) is 0 Å². The molecule has 5 heteroatoms. The Morgan fingerprint density at radius 1 is 1.28 bits per heavy atom. The molecule has 4 nitrogen and oxygen atoms in total. The third-order valence-electron chi connectivity index (χ3n) is 2.61. The van der Waals surface area contributed by atoms with Crippen molar-refractivity contribution >= 4 is 23.1 Å². The number of anilines is 2. The summed E-state index contributed by atoms with van der Waals surface area (Å²) in [6.45, 7) is 2.01. The van der Waals surface area contributed by atoms with E-state index >= 15 is 0 Å². The quantitative estimate of drug-likeness (QED) is 0.859. The van der Waals surface area contributed by atoms with Crippen molar-refractivity contribution in [1.82, 2.24) is 9.97 Å². The lowest BCUT2D eigenvalue weighted by atomic mass is 10.2. The molecule has 0 unspecified atom stereocenters. The van der Waals surface area contributed by atoms with Gasteiger partial charge in [-0.1, -0.05) is 30.7 Å². The zero-order chi connectivity index (χ0) is 13.0. The summed E-state index contributed by atoms with van der Waals surface area (Å²) in [4.78, 5) is 8.20. The predicted octanol–water partition coefficient (Wildman–Crippen LogP) is 3.44. The van der Waals surface area contributed by atoms with Crippen molar-refractivity contribution in [2.45, 2.75) is 13.3 Å². The van der Waals surface area contributed by atoms with E-state index in [0.29, 0.717) is 11.0 Å². The molecule has 0 saturated heterocycles. The molecule has 0 radical (unpaired) electrons. The smallest absolute Gasteiger partial charge is 0.142 e. The van der Waals surface area contributed by atoms with Gasteiger partial charge in [-0.2, -0.15) is 0 Å². The molecule has 0 bridgehead atoms. The number of nitrogens with zero attached hydrogens (tertiary/aromatic N) is 2. The summed E-state index contributed by atoms with van der Waals surface area (Å²) in [5.74, 6) is 1.47. The maximum atomic E-state index is 6.05. The van der Waals surface area contributed by atoms with Crippen LogP contribution in [0.4, 0.5) is 11.5 Å². The van der Waals surface area contributed by atoms with Crippen LogP contribution >= 0.6 is 11.6 Å². The molecule has 0 atom stereocenters. The highest BCUT2D eigenvalue weighted by molar-refractivity contribution is 6.30. The number of rotatable bonds is 4. The first-order valence-corrected chi connectivity index (χ1v) is 6.03. The lowest BCUT2D eigenvalue weighted by molar-refractivity contribution is 0.417. The van der Waals surface area contributed by atoms with Crippen molar-refractivity contribution in [3.05, 3.63) is 41.3 Å². The maximum Gasteiger partial charge on any atom is 0.142 e. The molecule has 0 fully saturated rings. The van der Waals surface area contributed by atoms with Gasteiger partial charge in [-0.15, -0.1) is 0 Å². The fourth-order valence-electron chi connectivity index (χ4n) is 1.69. The normalized spacial score (nSPS) is 10.2. The van der Waals surface area contributed by atoms with E-state index in [1.165, 1.54) is 6.33 Å². The summed E-state index contributed by atoms with van der Waals surface area (Å²) < 4.78 is 5.28. The molecule has 18 heavy (non-hydrogen) atoms. The first-order chi connectivity index (χ1) is 8.76. The zero-order valence-corrected chi connectivity index (χ0v) is 11.0. The minimum absolute atomic E-state index is 0.477. The lowest BCUT2D eigenvalue weighted by Gasteiger charge is -2.13. The Morgan fingerprint density at radius 3 is 2.78 bits per heavy atom. The molecule has 0 aliphatic heterocycles. The van der Waals surface area contributed by atoms with Gasteiger partial charge >= 0.3 is 0 Å². The van der Waals surface area contributed by atoms with Gasteiger partial charge < -0.3 is 10.1 Å². The third kappa shape index (κ3) is 2.54. The number of ether oxygens (including phenoxy) is 1. The van der Waals surface area contributed by atoms with Crippen molar-refractivity contribution < 1.29 is 4.74 Å². The summed E-state index contributed by atoms with van der Waals surface area (Å²) >= 11 is 6.05. The third-order valence-corrected chi connectivity index (χ3v) is 2.93. The Labute approximate surface area is 111 Å². The predicted molar refractivity (Wildman–Crippen MR) is 72.7 cm³/mol. The Balaban J connectivity index is 2.37. The van der Waals surface area contributed by atoms with Gasteiger partial charge in [0, 0.05) is 5.56 Å². The number of benzene rings is 1. The number of para-hydroxylation sites is 2. The van der Waals surface area contributed by atoms with Gasteiger partial charge in [-0.25, -0.2) is 9.97 Å². The Hall–Kier alpha value is -1.81. The lowest BCUT2D eigenvalue weighted by Crippen LogP contribution is -2.01. The van der Waals surface area contributed by atoms with Crippen LogP contribution in [0.2, 0.25) is 5.15 Å². The van der Waals surface area contributed by atoms with Crippen LogP contribution in [0.15, 0.2) is 30.6 Å². The summed E-state index contributed by atoms with van der Waals surface area (Å²) in [5, 5.41) is 3.70. The van der Waals surface area contributed by atoms with Gasteiger partial charge in [0.1, 0.15) is 23.0 Å². The van der Waals surface area contributed by atoms with E-state index in [1.54, 1.807) is 7.11 Å². The second-order valence-corrected chi connectivity index (χ2v) is 4.03. The first-order valence-electron chi connectivity index (χ1n) is 5.65. The van der Waals surface area contributed by atoms with Crippen LogP contribution in [0, 0.1) is 0 Å². The fourth-order valence-corrected chi connectivity index (χ4v) is 1.95. The molecule has 2 aromatic rings. The van der Waals surface area contributed by atoms with E-state index in [0.717, 1.165) is 23.4 Å². The van der Waals surface area contributed by atoms with Crippen LogP contribution in [0.5, 0.6) is 5.75 Å². The van der Waals surface area contributed by atoms with E-state index in [2.05, 4.69) is 15.3 Å². The van der Waals surface area contributed by atoms with Crippen molar-refractivity contribution in [2.75, 3.05) is 12.4 Å². The van der Waals surface area contributed by atoms with E-state index in [1.807, 2.05) is 31.2 Å². The van der Waals surface area contributed by atoms with Gasteiger partial charge in [0.25, 0.3) is 0 Å². The summed E-state index contributed by atoms with van der Waals surface area (Å²) in [7, 11) is 1.63. The van der Waals surface area contributed by atoms with Gasteiger partial charge in [0.15, 0.2) is 0 Å². The first kappa shape index (κ1) is 12.6. The van der Waals surface area contributed by atoms with E-state index in [-0.39, 0.29) is 0 Å². The number of hydrogen-bond acceptors (Lipinski definition) is 4. The molecule has 0 spiro atoms. The number of nitrogens with one attached hydrogen (secondary N) is 1. The van der Waals surface area contributed by atoms with Gasteiger partial charge in [0.2, 0.25) is 0 Å². The van der Waals surface area contributed by atoms with E-state index in [9.17, 15) is 0 Å². The number of methoxy groups -OCH3 is 1. The fraction of sp³-hybridized carbons (Fsp3) is 0.231. The molecule has 1 aromatic heterocycles. The number of halogens is 1. The zero-order valence-electron chi connectivity index (χ0n) is 10.3. The van der Waals surface area contributed by atoms with Crippen LogP contribution in [0.25, 0.3) is 0 Å². The molecule has 94 valence electrons. The molecular weight excluding hydrogens is 250 g/mol. The standard InChI is InChI=1S/C13H14ClN3O/c1-3-9-12(14)15-8-16-13(9)17-10-6-4-5-7-11(10)18-2/h4-8H,3H2,1-2H3,(H,15,16,17). The molecule has 0 saturated carbocycles. The largest absolute Gasteiger partial charge is 0.495 e. The molecule has 2 rings (SSSR count). The highest BCUT2D eigenvalue weighted by atomic mass is 35.5. The van der Waals surface area contributed by atoms with Crippen LogP contribution < -0.4 is 10.1 Å². The van der Waals surface area contributed by atoms with Gasteiger partial charge in [-0.05, 0) is 18.6 Å². The van der Waals surface area contributed by atoms with Gasteiger partial charge in [0.05, 0.1) is 12.8 Å². The van der Waals surface area contributed by atoms with Crippen LogP contribution in [-0.4, -0.2) is 17.1 Å². The monoisotopic (exact) mass is 263 g/mol.